The number of nitrogens with two attached hydrogens (primary N) is 1. The third-order valence-electron chi connectivity index (χ3n) is 4.06. The predicted octanol–water partition coefficient (Wildman–Crippen LogP) is 4.06. The summed E-state index contributed by atoms with van der Waals surface area (Å²) in [4.78, 5) is 13.5. The van der Waals surface area contributed by atoms with Crippen LogP contribution < -0.4 is 10.6 Å². The average Bonchev–Trinajstić information content (AvgIpc) is 2.51. The number of urea groups is 1. The van der Waals surface area contributed by atoms with E-state index in [0.29, 0.717) is 27.8 Å². The Morgan fingerprint density at radius 2 is 2.00 bits per heavy atom. The van der Waals surface area contributed by atoms with Gasteiger partial charge in [0.2, 0.25) is 0 Å². The van der Waals surface area contributed by atoms with E-state index in [1.165, 1.54) is 4.90 Å². The van der Waals surface area contributed by atoms with Gasteiger partial charge in [0.25, 0.3) is 0 Å². The normalized spacial score (nSPS) is 16.7. The highest BCUT2D eigenvalue weighted by Crippen LogP contribution is 2.36. The van der Waals surface area contributed by atoms with Gasteiger partial charge in [-0.3, -0.25) is 4.90 Å². The lowest BCUT2D eigenvalue weighted by molar-refractivity contribution is 0.158. The molecule has 120 valence electrons. The summed E-state index contributed by atoms with van der Waals surface area (Å²) in [5.41, 5.74) is 8.89. The summed E-state index contributed by atoms with van der Waals surface area (Å²) in [6.45, 7) is 0. The van der Waals surface area contributed by atoms with Gasteiger partial charge in [0.1, 0.15) is 0 Å². The Bertz CT molecular complexity index is 764. The van der Waals surface area contributed by atoms with Gasteiger partial charge in [0.15, 0.2) is 0 Å². The van der Waals surface area contributed by atoms with E-state index in [9.17, 15) is 9.90 Å². The van der Waals surface area contributed by atoms with E-state index in [2.05, 4.69) is 0 Å². The molecule has 1 aliphatic rings. The summed E-state index contributed by atoms with van der Waals surface area (Å²) in [6.07, 6.45) is 1.58. The molecule has 1 atom stereocenters. The van der Waals surface area contributed by atoms with Gasteiger partial charge in [-0.1, -0.05) is 35.3 Å². The standard InChI is InChI=1S/C17H16Cl2N2O2/c18-14-7-5-11(8-15(14)19)21(17(20)23)16-3-1-2-10-4-6-12(22)9-13(10)16/h1-3,5,7-8,12,22H,4,6,9H2,(H2,20,23). The van der Waals surface area contributed by atoms with Crippen LogP contribution in [-0.2, 0) is 12.8 Å². The summed E-state index contributed by atoms with van der Waals surface area (Å²) in [5.74, 6) is 0. The zero-order valence-electron chi connectivity index (χ0n) is 12.3. The Labute approximate surface area is 144 Å². The first-order chi connectivity index (χ1) is 11.0. The lowest BCUT2D eigenvalue weighted by Crippen LogP contribution is -2.33. The second-order valence-electron chi connectivity index (χ2n) is 5.58. The van der Waals surface area contributed by atoms with Gasteiger partial charge in [-0.2, -0.15) is 0 Å². The minimum Gasteiger partial charge on any atom is -0.393 e. The molecule has 0 bridgehead atoms. The van der Waals surface area contributed by atoms with Crippen LogP contribution in [0.2, 0.25) is 10.0 Å². The second kappa shape index (κ2) is 6.40. The van der Waals surface area contributed by atoms with Crippen molar-refractivity contribution in [3.63, 3.8) is 0 Å². The number of hydrogen-bond donors (Lipinski definition) is 2. The number of carbonyl (C=O) groups is 1. The fraction of sp³-hybridized carbons (Fsp3) is 0.235. The molecule has 3 N–H and O–H groups in total. The summed E-state index contributed by atoms with van der Waals surface area (Å²) < 4.78 is 0. The van der Waals surface area contributed by atoms with Gasteiger partial charge in [-0.25, -0.2) is 4.79 Å². The molecule has 0 saturated heterocycles. The fourth-order valence-corrected chi connectivity index (χ4v) is 3.26. The van der Waals surface area contributed by atoms with Gasteiger partial charge < -0.3 is 10.8 Å². The van der Waals surface area contributed by atoms with Crippen LogP contribution in [0.5, 0.6) is 0 Å². The van der Waals surface area contributed by atoms with E-state index in [1.807, 2.05) is 18.2 Å². The first-order valence-corrected chi connectivity index (χ1v) is 8.06. The molecule has 0 aromatic heterocycles. The molecule has 0 aliphatic heterocycles. The number of aliphatic hydroxyl groups is 1. The molecule has 2 amide bonds. The Morgan fingerprint density at radius 3 is 2.70 bits per heavy atom. The largest absolute Gasteiger partial charge is 0.393 e. The van der Waals surface area contributed by atoms with Crippen molar-refractivity contribution in [2.24, 2.45) is 5.73 Å². The van der Waals surface area contributed by atoms with E-state index in [4.69, 9.17) is 28.9 Å². The van der Waals surface area contributed by atoms with Crippen molar-refractivity contribution < 1.29 is 9.90 Å². The van der Waals surface area contributed by atoms with Gasteiger partial charge in [-0.05, 0) is 48.2 Å². The first kappa shape index (κ1) is 16.1. The highest BCUT2D eigenvalue weighted by atomic mass is 35.5. The van der Waals surface area contributed by atoms with Gasteiger partial charge in [0, 0.05) is 6.42 Å². The summed E-state index contributed by atoms with van der Waals surface area (Å²) in [5, 5.41) is 10.7. The highest BCUT2D eigenvalue weighted by Gasteiger charge is 2.25. The molecular weight excluding hydrogens is 335 g/mol. The number of fused-ring (bicyclic) bond motifs is 1. The van der Waals surface area contributed by atoms with Crippen LogP contribution in [0.15, 0.2) is 36.4 Å². The minimum atomic E-state index is -0.614. The Kier molecular flexibility index (Phi) is 4.48. The van der Waals surface area contributed by atoms with Crippen molar-refractivity contribution in [2.45, 2.75) is 25.4 Å². The molecule has 1 aliphatic carbocycles. The predicted molar refractivity (Wildman–Crippen MR) is 92.7 cm³/mol. The van der Waals surface area contributed by atoms with Gasteiger partial charge >= 0.3 is 6.03 Å². The summed E-state index contributed by atoms with van der Waals surface area (Å²) in [6, 6.07) is 10.0. The average molecular weight is 351 g/mol. The van der Waals surface area contributed by atoms with Gasteiger partial charge in [-0.15, -0.1) is 0 Å². The lowest BCUT2D eigenvalue weighted by Gasteiger charge is -2.29. The number of aryl methyl sites for hydroxylation is 1. The van der Waals surface area contributed by atoms with Crippen LogP contribution >= 0.6 is 23.2 Å². The van der Waals surface area contributed by atoms with E-state index in [-0.39, 0.29) is 0 Å². The van der Waals surface area contributed by atoms with E-state index in [1.54, 1.807) is 18.2 Å². The second-order valence-corrected chi connectivity index (χ2v) is 6.40. The highest BCUT2D eigenvalue weighted by molar-refractivity contribution is 6.42. The van der Waals surface area contributed by atoms with Crippen LogP contribution in [0.1, 0.15) is 17.5 Å². The van der Waals surface area contributed by atoms with E-state index >= 15 is 0 Å². The zero-order chi connectivity index (χ0) is 16.6. The molecule has 23 heavy (non-hydrogen) atoms. The van der Waals surface area contributed by atoms with Crippen molar-refractivity contribution in [2.75, 3.05) is 4.90 Å². The maximum absolute atomic E-state index is 12.1. The monoisotopic (exact) mass is 350 g/mol. The number of rotatable bonds is 2. The third-order valence-corrected chi connectivity index (χ3v) is 4.80. The molecule has 0 radical (unpaired) electrons. The molecule has 2 aromatic rings. The SMILES string of the molecule is NC(=O)N(c1ccc(Cl)c(Cl)c1)c1cccc2c1CC(O)CC2. The molecule has 6 heteroatoms. The zero-order valence-corrected chi connectivity index (χ0v) is 13.8. The molecule has 0 fully saturated rings. The number of halogens is 2. The van der Waals surface area contributed by atoms with Crippen LogP contribution in [0.3, 0.4) is 0 Å². The Morgan fingerprint density at radius 1 is 1.22 bits per heavy atom. The number of aliphatic hydroxyl groups excluding tert-OH is 1. The van der Waals surface area contributed by atoms with Crippen LogP contribution in [0, 0.1) is 0 Å². The van der Waals surface area contributed by atoms with Crippen LogP contribution in [-0.4, -0.2) is 17.2 Å². The quantitative estimate of drug-likeness (QED) is 0.857. The number of benzene rings is 2. The first-order valence-electron chi connectivity index (χ1n) is 7.31. The maximum atomic E-state index is 12.1. The number of anilines is 2. The maximum Gasteiger partial charge on any atom is 0.323 e. The van der Waals surface area contributed by atoms with Crippen LogP contribution in [0.25, 0.3) is 0 Å². The molecule has 0 spiro atoms. The number of amides is 2. The van der Waals surface area contributed by atoms with Crippen LogP contribution in [0.4, 0.5) is 16.2 Å². The fourth-order valence-electron chi connectivity index (χ4n) is 2.97. The lowest BCUT2D eigenvalue weighted by atomic mass is 9.88. The molecule has 2 aromatic carbocycles. The van der Waals surface area contributed by atoms with Crippen molar-refractivity contribution in [1.29, 1.82) is 0 Å². The number of hydrogen-bond acceptors (Lipinski definition) is 2. The van der Waals surface area contributed by atoms with E-state index < -0.39 is 12.1 Å². The third kappa shape index (κ3) is 3.15. The summed E-state index contributed by atoms with van der Waals surface area (Å²) in [7, 11) is 0. The van der Waals surface area contributed by atoms with Crippen molar-refractivity contribution in [3.8, 4) is 0 Å². The van der Waals surface area contributed by atoms with E-state index in [0.717, 1.165) is 24.0 Å². The molecule has 0 heterocycles. The minimum absolute atomic E-state index is 0.347. The number of carbonyl (C=O) groups excluding carboxylic acids is 1. The van der Waals surface area contributed by atoms with Gasteiger partial charge in [0.05, 0.1) is 27.5 Å². The van der Waals surface area contributed by atoms with Crippen molar-refractivity contribution in [1.82, 2.24) is 0 Å². The Hall–Kier alpha value is -1.75. The number of nitrogens with zero attached hydrogens (tertiary/aromatic N) is 1. The molecule has 4 nitrogen and oxygen atoms in total. The Balaban J connectivity index is 2.12. The smallest absolute Gasteiger partial charge is 0.323 e. The topological polar surface area (TPSA) is 66.6 Å². The molecule has 0 saturated carbocycles. The molecule has 3 rings (SSSR count). The number of primary amides is 1. The van der Waals surface area contributed by atoms with Crippen molar-refractivity contribution >= 4 is 40.6 Å². The molecular formula is C17H16Cl2N2O2. The van der Waals surface area contributed by atoms with Crippen molar-refractivity contribution in [3.05, 3.63) is 57.6 Å². The molecule has 1 unspecified atom stereocenters. The summed E-state index contributed by atoms with van der Waals surface area (Å²) >= 11 is 12.0.